The molecule has 3 rings (SSSR count). The van der Waals surface area contributed by atoms with Crippen LogP contribution in [0, 0.1) is 10.1 Å². The van der Waals surface area contributed by atoms with Gasteiger partial charge in [-0.1, -0.05) is 11.6 Å². The highest BCUT2D eigenvalue weighted by atomic mass is 35.5. The summed E-state index contributed by atoms with van der Waals surface area (Å²) in [6.07, 6.45) is 0. The normalized spacial score (nSPS) is 11.2. The van der Waals surface area contributed by atoms with Crippen molar-refractivity contribution in [2.24, 2.45) is 5.14 Å². The molecule has 1 heterocycles. The molecule has 3 aromatic rings. The molecule has 0 aliphatic heterocycles. The Hall–Kier alpha value is -3.21. The molecular weight excluding hydrogens is 410 g/mol. The van der Waals surface area contributed by atoms with Gasteiger partial charge in [-0.05, 0) is 42.5 Å². The lowest BCUT2D eigenvalue weighted by Gasteiger charge is -2.04. The number of sulfonamides is 1. The van der Waals surface area contributed by atoms with Gasteiger partial charge in [0.15, 0.2) is 5.76 Å². The molecule has 9 nitrogen and oxygen atoms in total. The molecule has 1 amide bonds. The van der Waals surface area contributed by atoms with Crippen molar-refractivity contribution >= 4 is 38.9 Å². The molecule has 0 spiro atoms. The lowest BCUT2D eigenvalue weighted by Crippen LogP contribution is -2.13. The highest BCUT2D eigenvalue weighted by molar-refractivity contribution is 7.89. The van der Waals surface area contributed by atoms with E-state index in [0.717, 1.165) is 0 Å². The number of benzene rings is 2. The van der Waals surface area contributed by atoms with E-state index in [-0.39, 0.29) is 27.1 Å². The number of halogens is 1. The van der Waals surface area contributed by atoms with Crippen LogP contribution in [0.2, 0.25) is 5.02 Å². The maximum atomic E-state index is 12.3. The lowest BCUT2D eigenvalue weighted by atomic mass is 10.1. The standard InChI is InChI=1S/C17H12ClN3O6S/c18-14-9-11(21(23)24)3-6-13(14)15-7-8-16(27-15)17(22)20-10-1-4-12(5-2-10)28(19,25)26/h1-9H,(H,20,22)(H2,19,25,26). The number of non-ortho nitro benzene ring substituents is 1. The van der Waals surface area contributed by atoms with Gasteiger partial charge < -0.3 is 9.73 Å². The van der Waals surface area contributed by atoms with Gasteiger partial charge >= 0.3 is 0 Å². The van der Waals surface area contributed by atoms with Gasteiger partial charge in [0.1, 0.15) is 5.76 Å². The third kappa shape index (κ3) is 4.19. The zero-order valence-electron chi connectivity index (χ0n) is 14.0. The van der Waals surface area contributed by atoms with Gasteiger partial charge in [-0.3, -0.25) is 14.9 Å². The zero-order chi connectivity index (χ0) is 20.5. The topological polar surface area (TPSA) is 146 Å². The first kappa shape index (κ1) is 19.5. The summed E-state index contributed by atoms with van der Waals surface area (Å²) in [5.41, 5.74) is 0.564. The van der Waals surface area contributed by atoms with Gasteiger partial charge in [0.05, 0.1) is 14.8 Å². The average molecular weight is 422 g/mol. The number of nitrogens with zero attached hydrogens (tertiary/aromatic N) is 1. The molecule has 1 aromatic heterocycles. The molecule has 3 N–H and O–H groups in total. The molecule has 0 fully saturated rings. The van der Waals surface area contributed by atoms with Gasteiger partial charge in [-0.15, -0.1) is 0 Å². The van der Waals surface area contributed by atoms with Crippen LogP contribution in [0.15, 0.2) is 63.9 Å². The van der Waals surface area contributed by atoms with E-state index in [9.17, 15) is 23.3 Å². The minimum Gasteiger partial charge on any atom is -0.451 e. The number of nitrogens with two attached hydrogens (primary N) is 1. The Morgan fingerprint density at radius 3 is 2.36 bits per heavy atom. The quantitative estimate of drug-likeness (QED) is 0.476. The van der Waals surface area contributed by atoms with Gasteiger partial charge in [0.25, 0.3) is 11.6 Å². The van der Waals surface area contributed by atoms with Crippen LogP contribution in [0.5, 0.6) is 0 Å². The Morgan fingerprint density at radius 2 is 1.79 bits per heavy atom. The molecular formula is C17H12ClN3O6S. The molecule has 0 bridgehead atoms. The maximum Gasteiger partial charge on any atom is 0.291 e. The lowest BCUT2D eigenvalue weighted by molar-refractivity contribution is -0.384. The molecule has 0 unspecified atom stereocenters. The van der Waals surface area contributed by atoms with Gasteiger partial charge in [0, 0.05) is 23.4 Å². The Labute approximate surface area is 163 Å². The number of rotatable bonds is 5. The van der Waals surface area contributed by atoms with Gasteiger partial charge in [-0.2, -0.15) is 0 Å². The fraction of sp³-hybridized carbons (Fsp3) is 0. The Morgan fingerprint density at radius 1 is 1.11 bits per heavy atom. The predicted molar refractivity (Wildman–Crippen MR) is 102 cm³/mol. The average Bonchev–Trinajstić information content (AvgIpc) is 3.11. The summed E-state index contributed by atoms with van der Waals surface area (Å²) in [6.45, 7) is 0. The van der Waals surface area contributed by atoms with Crippen molar-refractivity contribution in [2.75, 3.05) is 5.32 Å². The van der Waals surface area contributed by atoms with E-state index in [1.165, 1.54) is 54.6 Å². The van der Waals surface area contributed by atoms with Crippen molar-refractivity contribution in [2.45, 2.75) is 4.90 Å². The Bertz CT molecular complexity index is 1170. The Balaban J connectivity index is 1.78. The number of furan rings is 1. The van der Waals surface area contributed by atoms with Crippen molar-refractivity contribution in [3.8, 4) is 11.3 Å². The summed E-state index contributed by atoms with van der Waals surface area (Å²) in [4.78, 5) is 22.4. The second-order valence-electron chi connectivity index (χ2n) is 5.61. The molecule has 0 saturated carbocycles. The second-order valence-corrected chi connectivity index (χ2v) is 7.58. The molecule has 0 radical (unpaired) electrons. The first-order valence-corrected chi connectivity index (χ1v) is 9.56. The number of carbonyl (C=O) groups is 1. The minimum absolute atomic E-state index is 0.0278. The highest BCUT2D eigenvalue weighted by Crippen LogP contribution is 2.32. The second kappa shape index (κ2) is 7.43. The number of primary sulfonamides is 1. The van der Waals surface area contributed by atoms with E-state index in [1.807, 2.05) is 0 Å². The summed E-state index contributed by atoms with van der Waals surface area (Å²) in [6, 6.07) is 12.1. The molecule has 2 aromatic carbocycles. The first-order chi connectivity index (χ1) is 13.1. The predicted octanol–water partition coefficient (Wildman–Crippen LogP) is 3.41. The van der Waals surface area contributed by atoms with Crippen LogP contribution in [-0.4, -0.2) is 19.2 Å². The van der Waals surface area contributed by atoms with Crippen LogP contribution >= 0.6 is 11.6 Å². The Kier molecular flexibility index (Phi) is 5.18. The molecule has 11 heteroatoms. The summed E-state index contributed by atoms with van der Waals surface area (Å²) >= 11 is 6.05. The number of hydrogen-bond acceptors (Lipinski definition) is 6. The van der Waals surface area contributed by atoms with E-state index in [0.29, 0.717) is 11.3 Å². The van der Waals surface area contributed by atoms with Crippen molar-refractivity contribution in [1.29, 1.82) is 0 Å². The van der Waals surface area contributed by atoms with E-state index < -0.39 is 20.9 Å². The van der Waals surface area contributed by atoms with Gasteiger partial charge in [0.2, 0.25) is 10.0 Å². The van der Waals surface area contributed by atoms with E-state index in [2.05, 4.69) is 5.32 Å². The van der Waals surface area contributed by atoms with Crippen molar-refractivity contribution in [3.63, 3.8) is 0 Å². The molecule has 0 atom stereocenters. The summed E-state index contributed by atoms with van der Waals surface area (Å²) in [5.74, 6) is -0.345. The largest absolute Gasteiger partial charge is 0.451 e. The number of nitro groups is 1. The van der Waals surface area contributed by atoms with Crippen LogP contribution in [0.1, 0.15) is 10.6 Å². The van der Waals surface area contributed by atoms with Crippen LogP contribution in [0.4, 0.5) is 11.4 Å². The third-order valence-electron chi connectivity index (χ3n) is 3.70. The monoisotopic (exact) mass is 421 g/mol. The zero-order valence-corrected chi connectivity index (χ0v) is 15.5. The van der Waals surface area contributed by atoms with E-state index >= 15 is 0 Å². The fourth-order valence-corrected chi connectivity index (χ4v) is 3.13. The number of amides is 1. The highest BCUT2D eigenvalue weighted by Gasteiger charge is 2.17. The summed E-state index contributed by atoms with van der Waals surface area (Å²) in [7, 11) is -3.83. The van der Waals surface area contributed by atoms with E-state index in [1.54, 1.807) is 0 Å². The summed E-state index contributed by atoms with van der Waals surface area (Å²) < 4.78 is 28.0. The smallest absolute Gasteiger partial charge is 0.291 e. The first-order valence-electron chi connectivity index (χ1n) is 7.63. The molecule has 28 heavy (non-hydrogen) atoms. The minimum atomic E-state index is -3.83. The van der Waals surface area contributed by atoms with Crippen molar-refractivity contribution in [3.05, 3.63) is 75.5 Å². The van der Waals surface area contributed by atoms with Crippen LogP contribution in [0.25, 0.3) is 11.3 Å². The van der Waals surface area contributed by atoms with E-state index in [4.69, 9.17) is 21.2 Å². The maximum absolute atomic E-state index is 12.3. The summed E-state index contributed by atoms with van der Waals surface area (Å²) in [5, 5.41) is 18.4. The SMILES string of the molecule is NS(=O)(=O)c1ccc(NC(=O)c2ccc(-c3ccc([N+](=O)[O-])cc3Cl)o2)cc1. The molecule has 0 saturated heterocycles. The number of nitrogens with one attached hydrogen (secondary N) is 1. The molecule has 0 aliphatic rings. The molecule has 144 valence electrons. The van der Waals surface area contributed by atoms with Crippen molar-refractivity contribution < 1.29 is 22.6 Å². The van der Waals surface area contributed by atoms with Crippen LogP contribution < -0.4 is 10.5 Å². The number of carbonyl (C=O) groups excluding carboxylic acids is 1. The number of anilines is 1. The molecule has 0 aliphatic carbocycles. The third-order valence-corrected chi connectivity index (χ3v) is 4.94. The number of nitro benzene ring substituents is 1. The van der Waals surface area contributed by atoms with Crippen LogP contribution in [-0.2, 0) is 10.0 Å². The number of hydrogen-bond donors (Lipinski definition) is 2. The fourth-order valence-electron chi connectivity index (χ4n) is 2.34. The van der Waals surface area contributed by atoms with Gasteiger partial charge in [-0.25, -0.2) is 13.6 Å². The van der Waals surface area contributed by atoms with Crippen molar-refractivity contribution in [1.82, 2.24) is 0 Å². The van der Waals surface area contributed by atoms with Crippen LogP contribution in [0.3, 0.4) is 0 Å².